The lowest BCUT2D eigenvalue weighted by Crippen LogP contribution is -2.28. The molecule has 0 aliphatic carbocycles. The van der Waals surface area contributed by atoms with Gasteiger partial charge in [0.05, 0.1) is 31.0 Å². The molecule has 0 atom stereocenters. The van der Waals surface area contributed by atoms with Crippen LogP contribution in [0.5, 0.6) is 5.75 Å². The number of nitrogens with zero attached hydrogens (tertiary/aromatic N) is 3. The van der Waals surface area contributed by atoms with Crippen LogP contribution in [-0.2, 0) is 11.3 Å². The van der Waals surface area contributed by atoms with E-state index in [-0.39, 0.29) is 12.5 Å². The monoisotopic (exact) mass is 457 g/mol. The van der Waals surface area contributed by atoms with E-state index in [4.69, 9.17) is 9.15 Å². The minimum atomic E-state index is -0.136. The van der Waals surface area contributed by atoms with Gasteiger partial charge in [-0.15, -0.1) is 5.10 Å². The SMILES string of the molecule is COc1ccccc1/C=N/N=C1\S/C(=C\C(C)=C\c2ccccc2)C(=O)N1Cc1ccco1. The van der Waals surface area contributed by atoms with Crippen molar-refractivity contribution in [1.29, 1.82) is 0 Å². The Bertz CT molecular complexity index is 1230. The average Bonchev–Trinajstić information content (AvgIpc) is 3.44. The maximum Gasteiger partial charge on any atom is 0.267 e. The van der Waals surface area contributed by atoms with Crippen LogP contribution in [0.25, 0.3) is 6.08 Å². The molecule has 166 valence electrons. The highest BCUT2D eigenvalue weighted by Crippen LogP contribution is 2.33. The van der Waals surface area contributed by atoms with E-state index in [0.29, 0.717) is 21.6 Å². The van der Waals surface area contributed by atoms with E-state index in [9.17, 15) is 4.79 Å². The number of hydrogen-bond donors (Lipinski definition) is 0. The molecule has 0 saturated carbocycles. The summed E-state index contributed by atoms with van der Waals surface area (Å²) in [5.74, 6) is 1.23. The number of amides is 1. The Kier molecular flexibility index (Phi) is 7.22. The minimum Gasteiger partial charge on any atom is -0.496 e. The highest BCUT2D eigenvalue weighted by atomic mass is 32.2. The molecule has 1 aliphatic heterocycles. The molecule has 0 unspecified atom stereocenters. The number of methoxy groups -OCH3 is 1. The van der Waals surface area contributed by atoms with E-state index in [1.807, 2.05) is 79.7 Å². The van der Waals surface area contributed by atoms with Crippen LogP contribution in [0.4, 0.5) is 0 Å². The first-order valence-corrected chi connectivity index (χ1v) is 11.2. The first-order valence-electron chi connectivity index (χ1n) is 10.4. The van der Waals surface area contributed by atoms with Crippen LogP contribution in [-0.4, -0.2) is 29.3 Å². The summed E-state index contributed by atoms with van der Waals surface area (Å²) < 4.78 is 10.8. The quantitative estimate of drug-likeness (QED) is 0.258. The number of hydrogen-bond acceptors (Lipinski definition) is 6. The molecular formula is C26H23N3O3S. The molecule has 2 aromatic carbocycles. The van der Waals surface area contributed by atoms with E-state index < -0.39 is 0 Å². The molecule has 4 rings (SSSR count). The number of para-hydroxylation sites is 1. The lowest BCUT2D eigenvalue weighted by atomic mass is 10.1. The van der Waals surface area contributed by atoms with Crippen LogP contribution in [0.3, 0.4) is 0 Å². The van der Waals surface area contributed by atoms with E-state index >= 15 is 0 Å². The van der Waals surface area contributed by atoms with Gasteiger partial charge in [0.2, 0.25) is 0 Å². The molecule has 1 amide bonds. The molecular weight excluding hydrogens is 434 g/mol. The van der Waals surface area contributed by atoms with Crippen LogP contribution >= 0.6 is 11.8 Å². The summed E-state index contributed by atoms with van der Waals surface area (Å²) in [7, 11) is 1.61. The van der Waals surface area contributed by atoms with Gasteiger partial charge in [-0.3, -0.25) is 9.69 Å². The molecule has 0 N–H and O–H groups in total. The van der Waals surface area contributed by atoms with Gasteiger partial charge in [0.15, 0.2) is 5.17 Å². The standard InChI is InChI=1S/C26H23N3O3S/c1-19(15-20-9-4-3-5-10-20)16-24-25(30)29(18-22-12-8-14-32-22)26(33-24)28-27-17-21-11-6-7-13-23(21)31-2/h3-17H,18H2,1-2H3/b19-15+,24-16-,27-17+,28-26-. The third-order valence-corrected chi connectivity index (χ3v) is 5.81. The molecule has 1 aliphatic rings. The Morgan fingerprint density at radius 1 is 1.09 bits per heavy atom. The van der Waals surface area contributed by atoms with E-state index in [0.717, 1.165) is 16.7 Å². The minimum absolute atomic E-state index is 0.136. The molecule has 33 heavy (non-hydrogen) atoms. The Balaban J connectivity index is 1.61. The van der Waals surface area contributed by atoms with Crippen molar-refractivity contribution in [1.82, 2.24) is 4.90 Å². The summed E-state index contributed by atoms with van der Waals surface area (Å²) in [6, 6.07) is 21.1. The fraction of sp³-hybridized carbons (Fsp3) is 0.115. The fourth-order valence-electron chi connectivity index (χ4n) is 3.25. The second-order valence-corrected chi connectivity index (χ2v) is 8.26. The number of carbonyl (C=O) groups is 1. The highest BCUT2D eigenvalue weighted by Gasteiger charge is 2.34. The summed E-state index contributed by atoms with van der Waals surface area (Å²) >= 11 is 1.29. The number of amidine groups is 1. The summed E-state index contributed by atoms with van der Waals surface area (Å²) in [4.78, 5) is 15.3. The third kappa shape index (κ3) is 5.70. The van der Waals surface area contributed by atoms with Gasteiger partial charge in [-0.1, -0.05) is 48.5 Å². The Morgan fingerprint density at radius 2 is 1.88 bits per heavy atom. The molecule has 6 nitrogen and oxygen atoms in total. The highest BCUT2D eigenvalue weighted by molar-refractivity contribution is 8.18. The number of thioether (sulfide) groups is 1. The van der Waals surface area contributed by atoms with Crippen molar-refractivity contribution in [2.45, 2.75) is 13.5 Å². The van der Waals surface area contributed by atoms with Crippen molar-refractivity contribution in [3.05, 3.63) is 106 Å². The van der Waals surface area contributed by atoms with E-state index in [1.165, 1.54) is 11.8 Å². The number of allylic oxidation sites excluding steroid dienone is 2. The van der Waals surface area contributed by atoms with Crippen molar-refractivity contribution in [2.75, 3.05) is 7.11 Å². The normalized spacial score (nSPS) is 17.0. The van der Waals surface area contributed by atoms with E-state index in [1.54, 1.807) is 30.6 Å². The summed E-state index contributed by atoms with van der Waals surface area (Å²) in [6.45, 7) is 2.25. The summed E-state index contributed by atoms with van der Waals surface area (Å²) in [6.07, 6.45) is 7.11. The van der Waals surface area contributed by atoms with Gasteiger partial charge in [0.25, 0.3) is 5.91 Å². The maximum absolute atomic E-state index is 13.2. The lowest BCUT2D eigenvalue weighted by molar-refractivity contribution is -0.122. The Labute approximate surface area is 197 Å². The van der Waals surface area contributed by atoms with Crippen molar-refractivity contribution < 1.29 is 13.9 Å². The van der Waals surface area contributed by atoms with Gasteiger partial charge in [-0.05, 0) is 60.2 Å². The van der Waals surface area contributed by atoms with Gasteiger partial charge in [0, 0.05) is 5.56 Å². The van der Waals surface area contributed by atoms with Crippen molar-refractivity contribution in [2.24, 2.45) is 10.2 Å². The van der Waals surface area contributed by atoms with Crippen molar-refractivity contribution >= 4 is 35.1 Å². The van der Waals surface area contributed by atoms with Crippen molar-refractivity contribution in [3.8, 4) is 5.75 Å². The second-order valence-electron chi connectivity index (χ2n) is 7.25. The second kappa shape index (κ2) is 10.7. The molecule has 7 heteroatoms. The Hall–Kier alpha value is -3.84. The largest absolute Gasteiger partial charge is 0.496 e. The first-order chi connectivity index (χ1) is 16.1. The Morgan fingerprint density at radius 3 is 2.64 bits per heavy atom. The predicted octanol–water partition coefficient (Wildman–Crippen LogP) is 5.74. The number of benzene rings is 2. The maximum atomic E-state index is 13.2. The van der Waals surface area contributed by atoms with Crippen LogP contribution in [0.1, 0.15) is 23.8 Å². The van der Waals surface area contributed by atoms with Crippen LogP contribution in [0, 0.1) is 0 Å². The molecule has 1 saturated heterocycles. The molecule has 1 aromatic heterocycles. The summed E-state index contributed by atoms with van der Waals surface area (Å²) in [5.41, 5.74) is 2.84. The van der Waals surface area contributed by atoms with Gasteiger partial charge < -0.3 is 9.15 Å². The van der Waals surface area contributed by atoms with Crippen LogP contribution in [0.15, 0.2) is 104 Å². The fourth-order valence-corrected chi connectivity index (χ4v) is 4.24. The molecule has 2 heterocycles. The number of rotatable bonds is 7. The summed E-state index contributed by atoms with van der Waals surface area (Å²) in [5, 5.41) is 9.06. The molecule has 0 radical (unpaired) electrons. The van der Waals surface area contributed by atoms with Gasteiger partial charge in [0.1, 0.15) is 11.5 Å². The number of carbonyl (C=O) groups excluding carboxylic acids is 1. The van der Waals surface area contributed by atoms with E-state index in [2.05, 4.69) is 10.2 Å². The average molecular weight is 458 g/mol. The van der Waals surface area contributed by atoms with Gasteiger partial charge in [-0.2, -0.15) is 5.10 Å². The van der Waals surface area contributed by atoms with Crippen LogP contribution < -0.4 is 4.74 Å². The molecule has 3 aromatic rings. The van der Waals surface area contributed by atoms with Crippen LogP contribution in [0.2, 0.25) is 0 Å². The lowest BCUT2D eigenvalue weighted by Gasteiger charge is -2.12. The zero-order valence-electron chi connectivity index (χ0n) is 18.3. The zero-order chi connectivity index (χ0) is 23.0. The zero-order valence-corrected chi connectivity index (χ0v) is 19.2. The van der Waals surface area contributed by atoms with Gasteiger partial charge in [-0.25, -0.2) is 0 Å². The smallest absolute Gasteiger partial charge is 0.267 e. The van der Waals surface area contributed by atoms with Crippen molar-refractivity contribution in [3.63, 3.8) is 0 Å². The molecule has 0 bridgehead atoms. The predicted molar refractivity (Wildman–Crippen MR) is 133 cm³/mol. The molecule has 0 spiro atoms. The molecule has 1 fully saturated rings. The number of furan rings is 1. The topological polar surface area (TPSA) is 67.4 Å². The van der Waals surface area contributed by atoms with Gasteiger partial charge >= 0.3 is 0 Å². The number of ether oxygens (including phenoxy) is 1. The third-order valence-electron chi connectivity index (χ3n) is 4.81. The first kappa shape index (κ1) is 22.4.